The van der Waals surface area contributed by atoms with Gasteiger partial charge in [-0.25, -0.2) is 9.97 Å². The minimum Gasteiger partial charge on any atom is -0.337 e. The van der Waals surface area contributed by atoms with Crippen LogP contribution in [0, 0.1) is 12.8 Å². The van der Waals surface area contributed by atoms with Gasteiger partial charge >= 0.3 is 6.18 Å². The minimum absolute atomic E-state index is 0.0781. The zero-order valence-electron chi connectivity index (χ0n) is 14.6. The number of carbonyl (C=O) groups is 1. The molecule has 1 aliphatic rings. The van der Waals surface area contributed by atoms with Crippen LogP contribution >= 0.6 is 0 Å². The third-order valence-electron chi connectivity index (χ3n) is 4.53. The second kappa shape index (κ2) is 7.45. The summed E-state index contributed by atoms with van der Waals surface area (Å²) >= 11 is 0. The van der Waals surface area contributed by atoms with Gasteiger partial charge in [-0.15, -0.1) is 0 Å². The van der Waals surface area contributed by atoms with Gasteiger partial charge in [-0.05, 0) is 25.7 Å². The Morgan fingerprint density at radius 3 is 2.44 bits per heavy atom. The number of piperidine rings is 1. The van der Waals surface area contributed by atoms with E-state index >= 15 is 0 Å². The predicted molar refractivity (Wildman–Crippen MR) is 88.9 cm³/mol. The summed E-state index contributed by atoms with van der Waals surface area (Å²) in [6.07, 6.45) is 0.547. The second-order valence-corrected chi connectivity index (χ2v) is 6.54. The van der Waals surface area contributed by atoms with E-state index in [4.69, 9.17) is 0 Å². The molecule has 1 fully saturated rings. The number of alkyl halides is 3. The van der Waals surface area contributed by atoms with Crippen LogP contribution in [0.25, 0.3) is 0 Å². The lowest BCUT2D eigenvalue weighted by Crippen LogP contribution is -2.40. The van der Waals surface area contributed by atoms with Crippen molar-refractivity contribution in [2.75, 3.05) is 13.1 Å². The summed E-state index contributed by atoms with van der Waals surface area (Å²) in [7, 11) is 0. The fourth-order valence-corrected chi connectivity index (χ4v) is 2.98. The van der Waals surface area contributed by atoms with Crippen LogP contribution in [0.4, 0.5) is 13.2 Å². The van der Waals surface area contributed by atoms with Gasteiger partial charge in [0.2, 0.25) is 0 Å². The van der Waals surface area contributed by atoms with E-state index in [-0.39, 0.29) is 24.1 Å². The molecular weight excluding hydrogens is 363 g/mol. The molecule has 0 N–H and O–H groups in total. The van der Waals surface area contributed by atoms with Gasteiger partial charge in [0.25, 0.3) is 11.5 Å². The number of nitrogens with zero attached hydrogens (tertiary/aromatic N) is 5. The van der Waals surface area contributed by atoms with Crippen LogP contribution in [-0.4, -0.2) is 43.4 Å². The lowest BCUT2D eigenvalue weighted by molar-refractivity contribution is -0.141. The van der Waals surface area contributed by atoms with Crippen molar-refractivity contribution < 1.29 is 18.0 Å². The van der Waals surface area contributed by atoms with Crippen LogP contribution in [0.5, 0.6) is 0 Å². The van der Waals surface area contributed by atoms with E-state index in [1.807, 2.05) is 0 Å². The first kappa shape index (κ1) is 19.0. The molecule has 10 heteroatoms. The number of rotatable bonds is 3. The van der Waals surface area contributed by atoms with Crippen molar-refractivity contribution in [3.8, 4) is 0 Å². The summed E-state index contributed by atoms with van der Waals surface area (Å²) in [5, 5.41) is 0. The molecule has 0 unspecified atom stereocenters. The molecule has 0 aliphatic carbocycles. The van der Waals surface area contributed by atoms with E-state index in [0.717, 1.165) is 12.0 Å². The molecule has 0 saturated carbocycles. The highest BCUT2D eigenvalue weighted by molar-refractivity contribution is 5.92. The summed E-state index contributed by atoms with van der Waals surface area (Å²) in [5.74, 6) is -0.122. The molecule has 3 rings (SSSR count). The molecule has 0 aromatic carbocycles. The third-order valence-corrected chi connectivity index (χ3v) is 4.53. The summed E-state index contributed by atoms with van der Waals surface area (Å²) in [5.41, 5.74) is -0.919. The maximum absolute atomic E-state index is 12.6. The van der Waals surface area contributed by atoms with Crippen LogP contribution in [0.2, 0.25) is 0 Å². The van der Waals surface area contributed by atoms with Crippen LogP contribution in [0.15, 0.2) is 29.6 Å². The van der Waals surface area contributed by atoms with Gasteiger partial charge in [-0.3, -0.25) is 19.1 Å². The fraction of sp³-hybridized carbons (Fsp3) is 0.471. The van der Waals surface area contributed by atoms with Crippen molar-refractivity contribution in [2.45, 2.75) is 32.5 Å². The molecular formula is C17H18F3N5O2. The normalized spacial score (nSPS) is 15.8. The molecule has 1 aliphatic heterocycles. The van der Waals surface area contributed by atoms with E-state index < -0.39 is 17.4 Å². The van der Waals surface area contributed by atoms with Crippen LogP contribution in [0.1, 0.15) is 34.7 Å². The maximum atomic E-state index is 12.6. The van der Waals surface area contributed by atoms with Crippen molar-refractivity contribution in [1.29, 1.82) is 0 Å². The van der Waals surface area contributed by atoms with Gasteiger partial charge in [0.15, 0.2) is 5.69 Å². The monoisotopic (exact) mass is 381 g/mol. The quantitative estimate of drug-likeness (QED) is 0.811. The van der Waals surface area contributed by atoms with Crippen molar-refractivity contribution >= 4 is 5.91 Å². The van der Waals surface area contributed by atoms with Crippen LogP contribution < -0.4 is 5.56 Å². The van der Waals surface area contributed by atoms with Gasteiger partial charge in [-0.1, -0.05) is 0 Å². The molecule has 27 heavy (non-hydrogen) atoms. The van der Waals surface area contributed by atoms with Crippen LogP contribution in [0.3, 0.4) is 0 Å². The number of carbonyl (C=O) groups excluding carboxylic acids is 1. The first-order valence-electron chi connectivity index (χ1n) is 8.45. The summed E-state index contributed by atoms with van der Waals surface area (Å²) < 4.78 is 38.9. The molecule has 2 aromatic rings. The molecule has 7 nitrogen and oxygen atoms in total. The molecule has 1 saturated heterocycles. The highest BCUT2D eigenvalue weighted by Crippen LogP contribution is 2.26. The number of aryl methyl sites for hydroxylation is 1. The van der Waals surface area contributed by atoms with E-state index in [1.165, 1.54) is 17.0 Å². The Labute approximate surface area is 152 Å². The molecule has 0 atom stereocenters. The summed E-state index contributed by atoms with van der Waals surface area (Å²) in [6, 6.07) is 0.509. The number of hydrogen-bond acceptors (Lipinski definition) is 5. The molecule has 0 bridgehead atoms. The fourth-order valence-electron chi connectivity index (χ4n) is 2.98. The van der Waals surface area contributed by atoms with E-state index in [9.17, 15) is 22.8 Å². The zero-order valence-corrected chi connectivity index (χ0v) is 14.6. The second-order valence-electron chi connectivity index (χ2n) is 6.54. The van der Waals surface area contributed by atoms with Gasteiger partial charge in [-0.2, -0.15) is 13.2 Å². The van der Waals surface area contributed by atoms with Gasteiger partial charge < -0.3 is 4.90 Å². The van der Waals surface area contributed by atoms with Gasteiger partial charge in [0, 0.05) is 31.9 Å². The molecule has 2 aromatic heterocycles. The van der Waals surface area contributed by atoms with Crippen LogP contribution in [-0.2, 0) is 12.7 Å². The number of halogens is 3. The van der Waals surface area contributed by atoms with E-state index in [1.54, 1.807) is 11.8 Å². The summed E-state index contributed by atoms with van der Waals surface area (Å²) in [4.78, 5) is 37.4. The van der Waals surface area contributed by atoms with Crippen molar-refractivity contribution in [3.63, 3.8) is 0 Å². The summed E-state index contributed by atoms with van der Waals surface area (Å²) in [6.45, 7) is 3.03. The Kier molecular flexibility index (Phi) is 5.24. The van der Waals surface area contributed by atoms with Gasteiger partial charge in [0.1, 0.15) is 5.69 Å². The highest BCUT2D eigenvalue weighted by atomic mass is 19.4. The highest BCUT2D eigenvalue weighted by Gasteiger charge is 2.33. The molecule has 0 spiro atoms. The Balaban J connectivity index is 1.59. The first-order chi connectivity index (χ1) is 12.7. The molecule has 144 valence electrons. The van der Waals surface area contributed by atoms with E-state index in [0.29, 0.717) is 32.0 Å². The number of likely N-dealkylation sites (tertiary alicyclic amines) is 1. The largest absolute Gasteiger partial charge is 0.433 e. The zero-order chi connectivity index (χ0) is 19.6. The molecule has 1 amide bonds. The Bertz CT molecular complexity index is 871. The Morgan fingerprint density at radius 1 is 1.19 bits per heavy atom. The predicted octanol–water partition coefficient (Wildman–Crippen LogP) is 1.91. The van der Waals surface area contributed by atoms with Crippen molar-refractivity contribution in [1.82, 2.24) is 24.4 Å². The average Bonchev–Trinajstić information content (AvgIpc) is 2.63. The SMILES string of the molecule is Cc1cnc(C(=O)N2CCC(Cn3cnc(C(F)(F)F)cc3=O)CC2)cn1. The maximum Gasteiger partial charge on any atom is 0.433 e. The number of hydrogen-bond donors (Lipinski definition) is 0. The average molecular weight is 381 g/mol. The van der Waals surface area contributed by atoms with Crippen molar-refractivity contribution in [2.24, 2.45) is 5.92 Å². The standard InChI is InChI=1S/C17H18F3N5O2/c1-11-7-22-13(8-21-11)16(27)24-4-2-12(3-5-24)9-25-10-23-14(6-15(25)26)17(18,19)20/h6-8,10,12H,2-5,9H2,1H3. The number of amides is 1. The molecule has 3 heterocycles. The lowest BCUT2D eigenvalue weighted by atomic mass is 9.96. The molecule has 0 radical (unpaired) electrons. The lowest BCUT2D eigenvalue weighted by Gasteiger charge is -2.32. The topological polar surface area (TPSA) is 81.0 Å². The van der Waals surface area contributed by atoms with Crippen molar-refractivity contribution in [3.05, 3.63) is 52.2 Å². The Morgan fingerprint density at radius 2 is 1.89 bits per heavy atom. The van der Waals surface area contributed by atoms with E-state index in [2.05, 4.69) is 15.0 Å². The number of aromatic nitrogens is 4. The third kappa shape index (κ3) is 4.50. The Hall–Kier alpha value is -2.78. The minimum atomic E-state index is -4.64. The van der Waals surface area contributed by atoms with Gasteiger partial charge in [0.05, 0.1) is 18.2 Å². The smallest absolute Gasteiger partial charge is 0.337 e. The first-order valence-corrected chi connectivity index (χ1v) is 8.45.